The summed E-state index contributed by atoms with van der Waals surface area (Å²) >= 11 is 3.56. The number of H-pyrrole nitrogens is 1. The molecule has 1 N–H and O–H groups in total. The van der Waals surface area contributed by atoms with Crippen molar-refractivity contribution >= 4 is 42.6 Å². The number of sulfonamides is 1. The maximum atomic E-state index is 14.0. The molecule has 9 heteroatoms. The van der Waals surface area contributed by atoms with Gasteiger partial charge in [0.2, 0.25) is 0 Å². The first-order valence-corrected chi connectivity index (χ1v) is 14.8. The summed E-state index contributed by atoms with van der Waals surface area (Å²) in [5.74, 6) is 0.539. The second-order valence-corrected chi connectivity index (χ2v) is 12.1. The fourth-order valence-electron chi connectivity index (χ4n) is 5.18. The van der Waals surface area contributed by atoms with Gasteiger partial charge in [-0.3, -0.25) is 4.79 Å². The molecule has 1 aliphatic rings. The Balaban J connectivity index is 1.62. The minimum atomic E-state index is -4.07. The Morgan fingerprint density at radius 1 is 0.900 bits per heavy atom. The van der Waals surface area contributed by atoms with E-state index < -0.39 is 16.1 Å². The number of nitrogens with zero attached hydrogens (tertiary/aromatic N) is 2. The lowest BCUT2D eigenvalue weighted by Gasteiger charge is -2.24. The van der Waals surface area contributed by atoms with Crippen LogP contribution in [-0.2, 0) is 10.0 Å². The van der Waals surface area contributed by atoms with Crippen LogP contribution in [0.5, 0.6) is 5.75 Å². The van der Waals surface area contributed by atoms with E-state index >= 15 is 0 Å². The molecule has 4 aromatic carbocycles. The predicted molar refractivity (Wildman–Crippen MR) is 160 cm³/mol. The molecule has 0 amide bonds. The number of ether oxygens (including phenoxy) is 1. The molecule has 5 aromatic rings. The van der Waals surface area contributed by atoms with E-state index in [2.05, 4.69) is 20.9 Å². The summed E-state index contributed by atoms with van der Waals surface area (Å²) in [5.41, 5.74) is 3.21. The zero-order valence-electron chi connectivity index (χ0n) is 21.4. The summed E-state index contributed by atoms with van der Waals surface area (Å²) in [7, 11) is -2.52. The number of hydrazone groups is 1. The highest BCUT2D eigenvalue weighted by Gasteiger charge is 2.40. The lowest BCUT2D eigenvalue weighted by molar-refractivity contribution is 0.350. The number of aromatic amines is 1. The first-order valence-electron chi connectivity index (χ1n) is 12.6. The van der Waals surface area contributed by atoms with Gasteiger partial charge in [-0.25, -0.2) is 0 Å². The average molecular weight is 615 g/mol. The zero-order valence-corrected chi connectivity index (χ0v) is 23.8. The molecule has 1 aliphatic heterocycles. The number of rotatable bonds is 6. The molecule has 0 saturated carbocycles. The number of aromatic nitrogens is 1. The van der Waals surface area contributed by atoms with Crippen molar-refractivity contribution in [1.82, 2.24) is 9.40 Å². The van der Waals surface area contributed by atoms with Gasteiger partial charge in [0, 0.05) is 32.9 Å². The van der Waals surface area contributed by atoms with Crippen molar-refractivity contribution in [2.75, 3.05) is 7.11 Å². The molecule has 0 bridgehead atoms. The summed E-state index contributed by atoms with van der Waals surface area (Å²) in [6, 6.07) is 30.0. The van der Waals surface area contributed by atoms with Gasteiger partial charge in [0.1, 0.15) is 5.75 Å². The van der Waals surface area contributed by atoms with Crippen LogP contribution in [-0.4, -0.2) is 30.6 Å². The second kappa shape index (κ2) is 10.4. The van der Waals surface area contributed by atoms with Crippen molar-refractivity contribution in [1.29, 1.82) is 0 Å². The normalized spacial score (nSPS) is 15.3. The first-order chi connectivity index (χ1) is 19.4. The van der Waals surface area contributed by atoms with E-state index in [0.29, 0.717) is 33.7 Å². The molecule has 2 heterocycles. The molecular weight excluding hydrogens is 590 g/mol. The third-order valence-electron chi connectivity index (χ3n) is 6.99. The fraction of sp³-hybridized carbons (Fsp3) is 0.0968. The van der Waals surface area contributed by atoms with Crippen LogP contribution < -0.4 is 10.3 Å². The molecule has 40 heavy (non-hydrogen) atoms. The lowest BCUT2D eigenvalue weighted by Crippen LogP contribution is -2.27. The van der Waals surface area contributed by atoms with Crippen LogP contribution in [0.25, 0.3) is 22.0 Å². The van der Waals surface area contributed by atoms with E-state index in [1.807, 2.05) is 66.7 Å². The van der Waals surface area contributed by atoms with Gasteiger partial charge in [-0.1, -0.05) is 82.7 Å². The number of para-hydroxylation sites is 1. The summed E-state index contributed by atoms with van der Waals surface area (Å²) in [6.45, 7) is 0. The first kappa shape index (κ1) is 26.0. The maximum Gasteiger partial charge on any atom is 0.279 e. The Bertz CT molecular complexity index is 1920. The molecule has 200 valence electrons. The van der Waals surface area contributed by atoms with E-state index in [4.69, 9.17) is 9.84 Å². The fourth-order valence-corrected chi connectivity index (χ4v) is 6.99. The van der Waals surface area contributed by atoms with Gasteiger partial charge in [0.25, 0.3) is 15.6 Å². The number of halogens is 1. The summed E-state index contributed by atoms with van der Waals surface area (Å²) in [6.07, 6.45) is 0.175. The highest BCUT2D eigenvalue weighted by atomic mass is 79.9. The number of hydrogen-bond donors (Lipinski definition) is 1. The predicted octanol–water partition coefficient (Wildman–Crippen LogP) is 6.51. The van der Waals surface area contributed by atoms with Crippen molar-refractivity contribution < 1.29 is 13.2 Å². The molecule has 0 spiro atoms. The van der Waals surface area contributed by atoms with Gasteiger partial charge in [-0.05, 0) is 42.0 Å². The SMILES string of the molecule is COc1ccccc1[C@@H]1CC(c2c(-c3ccccc3)c3cc(Br)ccc3[nH]c2=O)=NN1S(=O)(=O)c1ccccc1. The number of pyridine rings is 1. The molecular formula is C31H24BrN3O4S. The maximum absolute atomic E-state index is 14.0. The van der Waals surface area contributed by atoms with Crippen molar-refractivity contribution in [3.8, 4) is 16.9 Å². The number of methoxy groups -OCH3 is 1. The third kappa shape index (κ3) is 4.51. The Morgan fingerprint density at radius 2 is 1.57 bits per heavy atom. The molecule has 6 rings (SSSR count). The van der Waals surface area contributed by atoms with Crippen molar-refractivity contribution in [2.45, 2.75) is 17.4 Å². The number of fused-ring (bicyclic) bond motifs is 1. The van der Waals surface area contributed by atoms with Crippen LogP contribution in [0.15, 0.2) is 122 Å². The number of benzene rings is 4. The van der Waals surface area contributed by atoms with Gasteiger partial charge < -0.3 is 9.72 Å². The Hall–Kier alpha value is -4.21. The summed E-state index contributed by atoms with van der Waals surface area (Å²) < 4.78 is 35.5. The summed E-state index contributed by atoms with van der Waals surface area (Å²) in [4.78, 5) is 16.8. The van der Waals surface area contributed by atoms with E-state index in [1.54, 1.807) is 31.4 Å². The van der Waals surface area contributed by atoms with Crippen LogP contribution in [0.2, 0.25) is 0 Å². The highest BCUT2D eigenvalue weighted by molar-refractivity contribution is 9.10. The van der Waals surface area contributed by atoms with Crippen molar-refractivity contribution in [3.05, 3.63) is 129 Å². The lowest BCUT2D eigenvalue weighted by atomic mass is 9.91. The number of hydrogen-bond acceptors (Lipinski definition) is 5. The van der Waals surface area contributed by atoms with Crippen LogP contribution >= 0.6 is 15.9 Å². The van der Waals surface area contributed by atoms with E-state index in [1.165, 1.54) is 12.1 Å². The van der Waals surface area contributed by atoms with Crippen LogP contribution in [0.3, 0.4) is 0 Å². The van der Waals surface area contributed by atoms with Crippen molar-refractivity contribution in [3.63, 3.8) is 0 Å². The molecule has 0 saturated heterocycles. The molecule has 0 fully saturated rings. The quantitative estimate of drug-likeness (QED) is 0.236. The van der Waals surface area contributed by atoms with Crippen molar-refractivity contribution in [2.24, 2.45) is 5.10 Å². The minimum absolute atomic E-state index is 0.111. The molecule has 1 atom stereocenters. The Kier molecular flexibility index (Phi) is 6.77. The van der Waals surface area contributed by atoms with Crippen LogP contribution in [0, 0.1) is 0 Å². The minimum Gasteiger partial charge on any atom is -0.496 e. The Morgan fingerprint density at radius 3 is 2.30 bits per heavy atom. The molecule has 7 nitrogen and oxygen atoms in total. The van der Waals surface area contributed by atoms with E-state index in [-0.39, 0.29) is 16.9 Å². The topological polar surface area (TPSA) is 91.8 Å². The molecule has 0 radical (unpaired) electrons. The molecule has 1 aromatic heterocycles. The third-order valence-corrected chi connectivity index (χ3v) is 9.17. The van der Waals surface area contributed by atoms with Gasteiger partial charge >= 0.3 is 0 Å². The average Bonchev–Trinajstić information content (AvgIpc) is 3.43. The van der Waals surface area contributed by atoms with Gasteiger partial charge in [0.15, 0.2) is 0 Å². The van der Waals surface area contributed by atoms with Crippen LogP contribution in [0.1, 0.15) is 23.6 Å². The monoisotopic (exact) mass is 613 g/mol. The molecule has 0 aliphatic carbocycles. The largest absolute Gasteiger partial charge is 0.496 e. The standard InChI is InChI=1S/C31H24BrN3O4S/c1-39-28-15-9-8-14-23(28)27-19-26(34-35(27)40(37,38)22-12-6-3-7-13-22)30-29(20-10-4-2-5-11-20)24-18-21(32)16-17-25(24)33-31(30)36/h2-18,27H,19H2,1H3,(H,33,36)/t27-/m0/s1. The van der Waals surface area contributed by atoms with E-state index in [0.717, 1.165) is 19.8 Å². The smallest absolute Gasteiger partial charge is 0.279 e. The van der Waals surface area contributed by atoms with Gasteiger partial charge in [0.05, 0.1) is 29.3 Å². The second-order valence-electron chi connectivity index (χ2n) is 9.36. The highest BCUT2D eigenvalue weighted by Crippen LogP contribution is 2.42. The Labute approximate surface area is 239 Å². The van der Waals surface area contributed by atoms with E-state index in [9.17, 15) is 13.2 Å². The van der Waals surface area contributed by atoms with Gasteiger partial charge in [-0.15, -0.1) is 0 Å². The molecule has 0 unspecified atom stereocenters. The number of nitrogens with one attached hydrogen (secondary N) is 1. The summed E-state index contributed by atoms with van der Waals surface area (Å²) in [5, 5.41) is 5.51. The van der Waals surface area contributed by atoms with Crippen LogP contribution in [0.4, 0.5) is 0 Å². The zero-order chi connectivity index (χ0) is 27.9. The van der Waals surface area contributed by atoms with Gasteiger partial charge in [-0.2, -0.15) is 17.9 Å².